The van der Waals surface area contributed by atoms with Crippen LogP contribution in [0, 0.1) is 5.82 Å². The summed E-state index contributed by atoms with van der Waals surface area (Å²) in [5, 5.41) is 31.7. The van der Waals surface area contributed by atoms with Crippen molar-refractivity contribution in [3.05, 3.63) is 82.3 Å². The van der Waals surface area contributed by atoms with Crippen molar-refractivity contribution >= 4 is 18.0 Å². The van der Waals surface area contributed by atoms with Crippen LogP contribution in [-0.4, -0.2) is 87.5 Å². The van der Waals surface area contributed by atoms with Gasteiger partial charge in [0.25, 0.3) is 5.91 Å². The van der Waals surface area contributed by atoms with E-state index in [1.165, 1.54) is 12.1 Å². The quantitative estimate of drug-likeness (QED) is 0.255. The highest BCUT2D eigenvalue weighted by molar-refractivity contribution is 5.95. The fourth-order valence-corrected chi connectivity index (χ4v) is 6.28. The number of hydrogen-bond donors (Lipinski definition) is 4. The number of aliphatic carboxylic acids is 1. The van der Waals surface area contributed by atoms with Gasteiger partial charge in [-0.3, -0.25) is 20.0 Å². The van der Waals surface area contributed by atoms with Crippen molar-refractivity contribution in [2.45, 2.75) is 64.1 Å². The van der Waals surface area contributed by atoms with Crippen LogP contribution in [-0.2, 0) is 17.6 Å². The van der Waals surface area contributed by atoms with E-state index >= 15 is 0 Å². The number of likely N-dealkylation sites (N-methyl/N-ethyl adjacent to an activating group) is 1. The molecule has 4 N–H and O–H groups in total. The van der Waals surface area contributed by atoms with Crippen LogP contribution in [0.2, 0.25) is 0 Å². The van der Waals surface area contributed by atoms with Crippen molar-refractivity contribution in [3.63, 3.8) is 0 Å². The predicted molar refractivity (Wildman–Crippen MR) is 176 cm³/mol. The molecule has 3 aromatic rings. The summed E-state index contributed by atoms with van der Waals surface area (Å²) >= 11 is 0. The average Bonchev–Trinajstić information content (AvgIpc) is 3.19. The number of carbonyl (C=O) groups is 2. The SMILES string of the molecule is CC(C)c1nc2c(c(-c3ccc(F)cc3)c1C=C[C@@H](O)C[C@@H](O)CC(=O)O)CCCc1cc(C(=O)NN3CCN(C)CC3)ccc1-2. The third-order valence-electron chi connectivity index (χ3n) is 8.71. The summed E-state index contributed by atoms with van der Waals surface area (Å²) in [4.78, 5) is 31.7. The number of nitrogens with one attached hydrogen (secondary N) is 1. The first-order chi connectivity index (χ1) is 22.0. The molecule has 10 heteroatoms. The summed E-state index contributed by atoms with van der Waals surface area (Å²) in [5.74, 6) is -1.63. The fourth-order valence-electron chi connectivity index (χ4n) is 6.28. The highest BCUT2D eigenvalue weighted by Gasteiger charge is 2.26. The van der Waals surface area contributed by atoms with Crippen molar-refractivity contribution < 1.29 is 29.3 Å². The minimum Gasteiger partial charge on any atom is -0.481 e. The van der Waals surface area contributed by atoms with E-state index in [1.54, 1.807) is 24.3 Å². The second-order valence-electron chi connectivity index (χ2n) is 12.6. The van der Waals surface area contributed by atoms with Crippen LogP contribution in [0.25, 0.3) is 28.5 Å². The Bertz CT molecular complexity index is 1600. The number of nitrogens with zero attached hydrogens (tertiary/aromatic N) is 3. The molecular formula is C36H43FN4O5. The van der Waals surface area contributed by atoms with Gasteiger partial charge in [-0.05, 0) is 78.7 Å². The third kappa shape index (κ3) is 7.87. The zero-order chi connectivity index (χ0) is 33.0. The molecule has 0 radical (unpaired) electrons. The number of aliphatic hydroxyl groups excluding tert-OH is 2. The molecule has 1 fully saturated rings. The Balaban J connectivity index is 1.57. The summed E-state index contributed by atoms with van der Waals surface area (Å²) in [6.45, 7) is 7.40. The molecule has 2 heterocycles. The highest BCUT2D eigenvalue weighted by Crippen LogP contribution is 2.42. The summed E-state index contributed by atoms with van der Waals surface area (Å²) in [7, 11) is 2.07. The van der Waals surface area contributed by atoms with Gasteiger partial charge in [-0.2, -0.15) is 0 Å². The molecule has 2 aromatic carbocycles. The Hall–Kier alpha value is -3.96. The van der Waals surface area contributed by atoms with Crippen molar-refractivity contribution in [3.8, 4) is 22.4 Å². The van der Waals surface area contributed by atoms with Crippen LogP contribution in [0.1, 0.15) is 71.8 Å². The number of aliphatic hydroxyl groups is 2. The first kappa shape index (κ1) is 33.4. The van der Waals surface area contributed by atoms with Gasteiger partial charge in [-0.1, -0.05) is 44.2 Å². The number of benzene rings is 2. The summed E-state index contributed by atoms with van der Waals surface area (Å²) in [6, 6.07) is 12.1. The molecule has 0 spiro atoms. The number of carboxylic acid groups (broad SMARTS) is 1. The molecule has 0 saturated carbocycles. The number of hydrazine groups is 1. The van der Waals surface area contributed by atoms with E-state index in [2.05, 4.69) is 17.4 Å². The number of aryl methyl sites for hydroxylation is 1. The van der Waals surface area contributed by atoms with E-state index in [-0.39, 0.29) is 24.1 Å². The molecule has 9 nitrogen and oxygen atoms in total. The van der Waals surface area contributed by atoms with E-state index in [0.29, 0.717) is 12.0 Å². The maximum Gasteiger partial charge on any atom is 0.305 e. The zero-order valence-electron chi connectivity index (χ0n) is 26.7. The van der Waals surface area contributed by atoms with Crippen molar-refractivity contribution in [1.29, 1.82) is 0 Å². The molecule has 46 heavy (non-hydrogen) atoms. The number of carboxylic acids is 1. The van der Waals surface area contributed by atoms with Gasteiger partial charge >= 0.3 is 5.97 Å². The molecule has 2 aliphatic rings. The lowest BCUT2D eigenvalue weighted by Gasteiger charge is -2.32. The monoisotopic (exact) mass is 630 g/mol. The topological polar surface area (TPSA) is 126 Å². The Kier molecular flexibility index (Phi) is 10.6. The van der Waals surface area contributed by atoms with Gasteiger partial charge in [0, 0.05) is 49.3 Å². The third-order valence-corrected chi connectivity index (χ3v) is 8.71. The second kappa shape index (κ2) is 14.6. The van der Waals surface area contributed by atoms with Crippen molar-refractivity contribution in [1.82, 2.24) is 20.3 Å². The smallest absolute Gasteiger partial charge is 0.305 e. The Morgan fingerprint density at radius 3 is 2.43 bits per heavy atom. The molecular weight excluding hydrogens is 587 g/mol. The predicted octanol–water partition coefficient (Wildman–Crippen LogP) is 4.66. The van der Waals surface area contributed by atoms with E-state index in [4.69, 9.17) is 10.1 Å². The average molecular weight is 631 g/mol. The molecule has 1 aliphatic heterocycles. The maximum atomic E-state index is 14.1. The number of pyridine rings is 1. The molecule has 0 bridgehead atoms. The van der Waals surface area contributed by atoms with Crippen LogP contribution in [0.3, 0.4) is 0 Å². The maximum absolute atomic E-state index is 14.1. The van der Waals surface area contributed by atoms with Gasteiger partial charge < -0.3 is 20.2 Å². The molecule has 2 atom stereocenters. The van der Waals surface area contributed by atoms with Crippen molar-refractivity contribution in [2.24, 2.45) is 0 Å². The van der Waals surface area contributed by atoms with Gasteiger partial charge in [0.2, 0.25) is 0 Å². The standard InChI is InChI=1S/C36H43FN4O5/c1-22(2)34-31(14-12-27(42)20-28(43)21-32(44)45)33(23-7-10-26(37)11-8-23)30-6-4-5-24-19-25(9-13-29(24)35(30)38-34)36(46)39-41-17-15-40(3)16-18-41/h7-14,19,22,27-28,42-43H,4-6,15-18,20-21H2,1-3H3,(H,39,46)(H,44,45)/t27-,28-/m1/s1. The largest absolute Gasteiger partial charge is 0.481 e. The first-order valence-corrected chi connectivity index (χ1v) is 16.0. The van der Waals surface area contributed by atoms with Crippen LogP contribution >= 0.6 is 0 Å². The number of carbonyl (C=O) groups excluding carboxylic acids is 1. The summed E-state index contributed by atoms with van der Waals surface area (Å²) in [6.07, 6.45) is 2.77. The number of amides is 1. The lowest BCUT2D eigenvalue weighted by atomic mass is 9.86. The molecule has 1 saturated heterocycles. The lowest BCUT2D eigenvalue weighted by Crippen LogP contribution is -2.52. The fraction of sp³-hybridized carbons (Fsp3) is 0.417. The number of piperazine rings is 1. The minimum absolute atomic E-state index is 0.0146. The van der Waals surface area contributed by atoms with E-state index in [0.717, 1.165) is 83.8 Å². The number of hydrogen-bond acceptors (Lipinski definition) is 7. The van der Waals surface area contributed by atoms with E-state index in [9.17, 15) is 24.2 Å². The number of halogens is 1. The van der Waals surface area contributed by atoms with E-state index in [1.807, 2.05) is 37.1 Å². The van der Waals surface area contributed by atoms with Crippen molar-refractivity contribution in [2.75, 3.05) is 33.2 Å². The summed E-state index contributed by atoms with van der Waals surface area (Å²) < 4.78 is 14.1. The second-order valence-corrected chi connectivity index (χ2v) is 12.6. The van der Waals surface area contributed by atoms with Crippen LogP contribution in [0.4, 0.5) is 4.39 Å². The van der Waals surface area contributed by atoms with Crippen LogP contribution in [0.15, 0.2) is 48.5 Å². The molecule has 5 rings (SSSR count). The van der Waals surface area contributed by atoms with Gasteiger partial charge in [-0.25, -0.2) is 9.40 Å². The number of aromatic nitrogens is 1. The highest BCUT2D eigenvalue weighted by atomic mass is 19.1. The Labute approximate surface area is 269 Å². The van der Waals surface area contributed by atoms with E-state index < -0.39 is 24.6 Å². The van der Waals surface area contributed by atoms with Gasteiger partial charge in [0.1, 0.15) is 5.82 Å². The molecule has 1 aromatic heterocycles. The number of fused-ring (bicyclic) bond motifs is 3. The first-order valence-electron chi connectivity index (χ1n) is 16.0. The molecule has 1 aliphatic carbocycles. The number of rotatable bonds is 10. The van der Waals surface area contributed by atoms with Gasteiger partial charge in [0.05, 0.1) is 30.0 Å². The summed E-state index contributed by atoms with van der Waals surface area (Å²) in [5.41, 5.74) is 10.8. The molecule has 0 unspecified atom stereocenters. The Morgan fingerprint density at radius 2 is 1.76 bits per heavy atom. The molecule has 244 valence electrons. The van der Waals surface area contributed by atoms with Crippen LogP contribution in [0.5, 0.6) is 0 Å². The normalized spacial score (nSPS) is 16.9. The molecule has 1 amide bonds. The minimum atomic E-state index is -1.19. The Morgan fingerprint density at radius 1 is 1.04 bits per heavy atom. The van der Waals surface area contributed by atoms with Gasteiger partial charge in [0.15, 0.2) is 0 Å². The lowest BCUT2D eigenvalue weighted by molar-refractivity contribution is -0.139. The van der Waals surface area contributed by atoms with Gasteiger partial charge in [-0.15, -0.1) is 0 Å². The van der Waals surface area contributed by atoms with Crippen LogP contribution < -0.4 is 5.43 Å². The zero-order valence-corrected chi connectivity index (χ0v) is 26.7.